The lowest BCUT2D eigenvalue weighted by molar-refractivity contribution is -0.118. The van der Waals surface area contributed by atoms with Crippen LogP contribution in [0.4, 0.5) is 5.69 Å². The monoisotopic (exact) mass is 280 g/mol. The molecule has 0 bridgehead atoms. The normalized spacial score (nSPS) is 17.1. The summed E-state index contributed by atoms with van der Waals surface area (Å²) in [5.41, 5.74) is 5.74. The van der Waals surface area contributed by atoms with E-state index in [9.17, 15) is 4.79 Å². The fourth-order valence-electron chi connectivity index (χ4n) is 2.92. The van der Waals surface area contributed by atoms with Gasteiger partial charge < -0.3 is 10.6 Å². The van der Waals surface area contributed by atoms with Crippen LogP contribution in [0.1, 0.15) is 22.3 Å². The summed E-state index contributed by atoms with van der Waals surface area (Å²) in [6.45, 7) is 4.83. The van der Waals surface area contributed by atoms with E-state index in [1.54, 1.807) is 0 Å². The molecule has 108 valence electrons. The zero-order valence-electron chi connectivity index (χ0n) is 12.4. The Balaban J connectivity index is 1.72. The molecule has 3 heteroatoms. The summed E-state index contributed by atoms with van der Waals surface area (Å²) in [6.07, 6.45) is 0.743. The number of benzene rings is 2. The molecular formula is C18H20N2O. The van der Waals surface area contributed by atoms with E-state index in [2.05, 4.69) is 28.8 Å². The molecule has 21 heavy (non-hydrogen) atoms. The molecule has 2 aromatic rings. The van der Waals surface area contributed by atoms with Gasteiger partial charge in [0.15, 0.2) is 0 Å². The Bertz CT molecular complexity index is 658. The number of rotatable bonds is 2. The minimum absolute atomic E-state index is 0.0366. The van der Waals surface area contributed by atoms with E-state index in [0.29, 0.717) is 0 Å². The van der Waals surface area contributed by atoms with E-state index in [4.69, 9.17) is 0 Å². The molecule has 1 aliphatic rings. The maximum atomic E-state index is 12.4. The van der Waals surface area contributed by atoms with E-state index >= 15 is 0 Å². The number of anilines is 1. The van der Waals surface area contributed by atoms with E-state index in [-0.39, 0.29) is 11.9 Å². The van der Waals surface area contributed by atoms with Crippen LogP contribution < -0.4 is 10.6 Å². The highest BCUT2D eigenvalue weighted by Gasteiger charge is 2.23. The van der Waals surface area contributed by atoms with Gasteiger partial charge in [-0.15, -0.1) is 0 Å². The second-order valence-electron chi connectivity index (χ2n) is 5.77. The highest BCUT2D eigenvalue weighted by atomic mass is 16.2. The Hall–Kier alpha value is -2.13. The molecule has 0 aromatic heterocycles. The smallest absolute Gasteiger partial charge is 0.241 e. The number of nitrogens with one attached hydrogen (secondary N) is 2. The zero-order valence-corrected chi connectivity index (χ0v) is 12.4. The van der Waals surface area contributed by atoms with Gasteiger partial charge in [-0.3, -0.25) is 4.79 Å². The summed E-state index contributed by atoms with van der Waals surface area (Å²) in [5, 5.41) is 6.34. The summed E-state index contributed by atoms with van der Waals surface area (Å²) < 4.78 is 0. The Morgan fingerprint density at radius 2 is 1.76 bits per heavy atom. The second kappa shape index (κ2) is 5.70. The van der Waals surface area contributed by atoms with Crippen LogP contribution >= 0.6 is 0 Å². The number of amides is 1. The minimum Gasteiger partial charge on any atom is -0.325 e. The summed E-state index contributed by atoms with van der Waals surface area (Å²) in [7, 11) is 0. The fraction of sp³-hybridized carbons (Fsp3) is 0.278. The van der Waals surface area contributed by atoms with Gasteiger partial charge >= 0.3 is 0 Å². The zero-order chi connectivity index (χ0) is 14.8. The van der Waals surface area contributed by atoms with Crippen molar-refractivity contribution >= 4 is 11.6 Å². The molecule has 0 aliphatic carbocycles. The average Bonchev–Trinajstić information content (AvgIpc) is 2.45. The predicted molar refractivity (Wildman–Crippen MR) is 85.3 cm³/mol. The Morgan fingerprint density at radius 1 is 1.10 bits per heavy atom. The first-order chi connectivity index (χ1) is 10.1. The first-order valence-electron chi connectivity index (χ1n) is 7.31. The molecule has 2 N–H and O–H groups in total. The molecule has 1 heterocycles. The van der Waals surface area contributed by atoms with Crippen LogP contribution in [0.5, 0.6) is 0 Å². The van der Waals surface area contributed by atoms with Gasteiger partial charge in [0.1, 0.15) is 0 Å². The van der Waals surface area contributed by atoms with Gasteiger partial charge in [-0.25, -0.2) is 0 Å². The Morgan fingerprint density at radius 3 is 2.48 bits per heavy atom. The third-order valence-corrected chi connectivity index (χ3v) is 3.89. The van der Waals surface area contributed by atoms with E-state index in [0.717, 1.165) is 29.8 Å². The van der Waals surface area contributed by atoms with Crippen molar-refractivity contribution in [1.29, 1.82) is 0 Å². The maximum absolute atomic E-state index is 12.4. The van der Waals surface area contributed by atoms with Gasteiger partial charge in [-0.05, 0) is 54.7 Å². The SMILES string of the molecule is Cc1cc(C)cc(NC(=O)C2Cc3ccccc3CN2)c1. The van der Waals surface area contributed by atoms with Crippen molar-refractivity contribution in [1.82, 2.24) is 5.32 Å². The number of carbonyl (C=O) groups is 1. The molecule has 3 nitrogen and oxygen atoms in total. The molecule has 0 spiro atoms. The number of carbonyl (C=O) groups excluding carboxylic acids is 1. The van der Waals surface area contributed by atoms with Gasteiger partial charge in [-0.2, -0.15) is 0 Å². The largest absolute Gasteiger partial charge is 0.325 e. The summed E-state index contributed by atoms with van der Waals surface area (Å²) in [6, 6.07) is 14.2. The van der Waals surface area contributed by atoms with Crippen LogP contribution in [-0.2, 0) is 17.8 Å². The topological polar surface area (TPSA) is 41.1 Å². The standard InChI is InChI=1S/C18H20N2O/c1-12-7-13(2)9-16(8-12)20-18(21)17-10-14-5-3-4-6-15(14)11-19-17/h3-9,17,19H,10-11H2,1-2H3,(H,20,21). The minimum atomic E-state index is -0.166. The molecule has 1 unspecified atom stereocenters. The summed E-state index contributed by atoms with van der Waals surface area (Å²) >= 11 is 0. The summed E-state index contributed by atoms with van der Waals surface area (Å²) in [5.74, 6) is 0.0366. The molecule has 1 atom stereocenters. The molecule has 1 amide bonds. The molecule has 1 aliphatic heterocycles. The lowest BCUT2D eigenvalue weighted by Gasteiger charge is -2.25. The molecule has 2 aromatic carbocycles. The number of aryl methyl sites for hydroxylation is 2. The van der Waals surface area contributed by atoms with Crippen LogP contribution in [0.15, 0.2) is 42.5 Å². The van der Waals surface area contributed by atoms with Gasteiger partial charge in [0, 0.05) is 12.2 Å². The second-order valence-corrected chi connectivity index (χ2v) is 5.77. The van der Waals surface area contributed by atoms with Crippen molar-refractivity contribution in [2.75, 3.05) is 5.32 Å². The predicted octanol–water partition coefficient (Wildman–Crippen LogP) is 2.96. The van der Waals surface area contributed by atoms with Crippen molar-refractivity contribution in [3.8, 4) is 0 Å². The van der Waals surface area contributed by atoms with Crippen molar-refractivity contribution in [3.05, 3.63) is 64.7 Å². The third kappa shape index (κ3) is 3.14. The average molecular weight is 280 g/mol. The van der Waals surface area contributed by atoms with Gasteiger partial charge in [0.2, 0.25) is 5.91 Å². The van der Waals surface area contributed by atoms with Crippen LogP contribution in [0.25, 0.3) is 0 Å². The van der Waals surface area contributed by atoms with Crippen LogP contribution in [-0.4, -0.2) is 11.9 Å². The van der Waals surface area contributed by atoms with Gasteiger partial charge in [0.25, 0.3) is 0 Å². The molecule has 3 rings (SSSR count). The Labute approximate surface area is 125 Å². The number of hydrogen-bond donors (Lipinski definition) is 2. The van der Waals surface area contributed by atoms with Crippen LogP contribution in [0.3, 0.4) is 0 Å². The molecule has 0 radical (unpaired) electrons. The van der Waals surface area contributed by atoms with Gasteiger partial charge in [0.05, 0.1) is 6.04 Å². The first kappa shape index (κ1) is 13.8. The molecule has 0 saturated heterocycles. The van der Waals surface area contributed by atoms with Crippen LogP contribution in [0.2, 0.25) is 0 Å². The van der Waals surface area contributed by atoms with Crippen molar-refractivity contribution < 1.29 is 4.79 Å². The van der Waals surface area contributed by atoms with E-state index in [1.807, 2.05) is 38.1 Å². The van der Waals surface area contributed by atoms with Gasteiger partial charge in [-0.1, -0.05) is 30.3 Å². The fourth-order valence-corrected chi connectivity index (χ4v) is 2.92. The lowest BCUT2D eigenvalue weighted by Crippen LogP contribution is -2.44. The Kier molecular flexibility index (Phi) is 3.76. The van der Waals surface area contributed by atoms with Crippen molar-refractivity contribution in [2.45, 2.75) is 32.9 Å². The third-order valence-electron chi connectivity index (χ3n) is 3.89. The van der Waals surface area contributed by atoms with E-state index < -0.39 is 0 Å². The highest BCUT2D eigenvalue weighted by Crippen LogP contribution is 2.18. The van der Waals surface area contributed by atoms with Crippen molar-refractivity contribution in [3.63, 3.8) is 0 Å². The molecular weight excluding hydrogens is 260 g/mol. The lowest BCUT2D eigenvalue weighted by atomic mass is 9.95. The number of hydrogen-bond acceptors (Lipinski definition) is 2. The quantitative estimate of drug-likeness (QED) is 0.888. The molecule has 0 fully saturated rings. The molecule has 0 saturated carbocycles. The van der Waals surface area contributed by atoms with Crippen LogP contribution in [0, 0.1) is 13.8 Å². The summed E-state index contributed by atoms with van der Waals surface area (Å²) in [4.78, 5) is 12.4. The maximum Gasteiger partial charge on any atom is 0.241 e. The van der Waals surface area contributed by atoms with E-state index in [1.165, 1.54) is 11.1 Å². The van der Waals surface area contributed by atoms with Crippen molar-refractivity contribution in [2.24, 2.45) is 0 Å². The first-order valence-corrected chi connectivity index (χ1v) is 7.31. The highest BCUT2D eigenvalue weighted by molar-refractivity contribution is 5.95. The number of fused-ring (bicyclic) bond motifs is 1.